The molecule has 0 aliphatic heterocycles. The molecule has 0 spiro atoms. The minimum atomic E-state index is 0.161. The minimum Gasteiger partial charge on any atom is -0.381 e. The summed E-state index contributed by atoms with van der Waals surface area (Å²) in [5.41, 5.74) is 5.78. The summed E-state index contributed by atoms with van der Waals surface area (Å²) in [6.07, 6.45) is 0.466. The average molecular weight is 182 g/mol. The third-order valence-corrected chi connectivity index (χ3v) is 1.24. The van der Waals surface area contributed by atoms with Crippen molar-refractivity contribution in [2.75, 3.05) is 5.73 Å². The molecule has 0 saturated heterocycles. The third-order valence-electron chi connectivity index (χ3n) is 1.06. The van der Waals surface area contributed by atoms with Crippen molar-refractivity contribution >= 4 is 23.7 Å². The van der Waals surface area contributed by atoms with E-state index in [-0.39, 0.29) is 11.0 Å². The van der Waals surface area contributed by atoms with Gasteiger partial charge in [0.25, 0.3) is 0 Å². The Kier molecular flexibility index (Phi) is 2.62. The molecule has 0 unspecified atom stereocenters. The number of halogens is 1. The van der Waals surface area contributed by atoms with Crippen LogP contribution >= 0.6 is 11.6 Å². The Balaban J connectivity index is 3.13. The molecule has 0 radical (unpaired) electrons. The predicted octanol–water partition coefficient (Wildman–Crippen LogP) is 0.263. The van der Waals surface area contributed by atoms with Crippen LogP contribution in [0.4, 0.5) is 5.82 Å². The summed E-state index contributed by atoms with van der Waals surface area (Å²) in [7, 11) is 0. The number of aldehydes is 1. The summed E-state index contributed by atoms with van der Waals surface area (Å²) in [6, 6.07) is 1.44. The molecule has 60 valence electrons. The highest BCUT2D eigenvalue weighted by atomic mass is 35.5. The number of nitrogens with two attached hydrogens (primary N) is 1. The monoisotopic (exact) mass is 181 g/mol. The van der Waals surface area contributed by atoms with E-state index in [1.807, 2.05) is 0 Å². The second-order valence-electron chi connectivity index (χ2n) is 1.85. The molecule has 4 nitrogen and oxygen atoms in total. The summed E-state index contributed by atoms with van der Waals surface area (Å²) < 4.78 is 0. The van der Waals surface area contributed by atoms with Crippen molar-refractivity contribution in [3.05, 3.63) is 16.8 Å². The van der Waals surface area contributed by atoms with E-state index in [0.717, 1.165) is 0 Å². The molecule has 0 aliphatic rings. The van der Waals surface area contributed by atoms with Gasteiger partial charge in [-0.05, 0) is 12.0 Å². The first-order chi connectivity index (χ1) is 5.74. The maximum absolute atomic E-state index is 9.89. The van der Waals surface area contributed by atoms with Crippen molar-refractivity contribution in [3.8, 4) is 11.8 Å². The van der Waals surface area contributed by atoms with Crippen LogP contribution in [0.25, 0.3) is 0 Å². The number of nitrogen functional groups attached to an aromatic ring is 1. The Bertz CT molecular complexity index is 367. The van der Waals surface area contributed by atoms with Crippen molar-refractivity contribution in [3.63, 3.8) is 0 Å². The molecule has 0 aromatic carbocycles. The Morgan fingerprint density at radius 3 is 3.00 bits per heavy atom. The van der Waals surface area contributed by atoms with Crippen molar-refractivity contribution < 1.29 is 4.79 Å². The van der Waals surface area contributed by atoms with Gasteiger partial charge in [-0.1, -0.05) is 17.5 Å². The van der Waals surface area contributed by atoms with Gasteiger partial charge in [0.1, 0.15) is 0 Å². The number of aromatic nitrogens is 2. The Hall–Kier alpha value is -1.60. The first-order valence-electron chi connectivity index (χ1n) is 2.98. The van der Waals surface area contributed by atoms with Crippen LogP contribution in [0.1, 0.15) is 5.56 Å². The zero-order valence-corrected chi connectivity index (χ0v) is 6.67. The smallest absolute Gasteiger partial charge is 0.193 e. The highest BCUT2D eigenvalue weighted by molar-refractivity contribution is 6.29. The molecule has 0 aliphatic carbocycles. The largest absolute Gasteiger partial charge is 0.381 e. The van der Waals surface area contributed by atoms with Gasteiger partial charge in [0, 0.05) is 0 Å². The van der Waals surface area contributed by atoms with E-state index in [4.69, 9.17) is 17.3 Å². The molecule has 0 atom stereocenters. The third kappa shape index (κ3) is 1.94. The van der Waals surface area contributed by atoms with Gasteiger partial charge in [-0.15, -0.1) is 10.2 Å². The molecule has 0 bridgehead atoms. The first kappa shape index (κ1) is 8.50. The second kappa shape index (κ2) is 3.69. The van der Waals surface area contributed by atoms with Gasteiger partial charge >= 0.3 is 0 Å². The molecule has 0 saturated carbocycles. The molecular weight excluding hydrogens is 178 g/mol. The number of hydrogen-bond donors (Lipinski definition) is 1. The topological polar surface area (TPSA) is 68.9 Å². The number of hydrogen-bond acceptors (Lipinski definition) is 4. The normalized spacial score (nSPS) is 8.42. The lowest BCUT2D eigenvalue weighted by atomic mass is 10.3. The van der Waals surface area contributed by atoms with E-state index in [1.165, 1.54) is 6.07 Å². The van der Waals surface area contributed by atoms with Gasteiger partial charge in [0.2, 0.25) is 0 Å². The molecule has 0 fully saturated rings. The fourth-order valence-corrected chi connectivity index (χ4v) is 0.732. The van der Waals surface area contributed by atoms with E-state index in [2.05, 4.69) is 22.0 Å². The zero-order chi connectivity index (χ0) is 8.97. The highest BCUT2D eigenvalue weighted by Crippen LogP contribution is 2.09. The lowest BCUT2D eigenvalue weighted by molar-refractivity contribution is -0.103. The van der Waals surface area contributed by atoms with Crippen molar-refractivity contribution in [2.24, 2.45) is 0 Å². The van der Waals surface area contributed by atoms with Gasteiger partial charge in [-0.3, -0.25) is 4.79 Å². The minimum absolute atomic E-state index is 0.161. The fraction of sp³-hybridized carbons (Fsp3) is 0. The van der Waals surface area contributed by atoms with Gasteiger partial charge in [0.15, 0.2) is 17.3 Å². The number of rotatable bonds is 0. The molecule has 12 heavy (non-hydrogen) atoms. The van der Waals surface area contributed by atoms with Crippen LogP contribution in [0, 0.1) is 11.8 Å². The van der Waals surface area contributed by atoms with Gasteiger partial charge in [-0.2, -0.15) is 0 Å². The van der Waals surface area contributed by atoms with Crippen molar-refractivity contribution in [1.29, 1.82) is 0 Å². The van der Waals surface area contributed by atoms with E-state index in [9.17, 15) is 4.79 Å². The van der Waals surface area contributed by atoms with Crippen molar-refractivity contribution in [1.82, 2.24) is 10.2 Å². The van der Waals surface area contributed by atoms with E-state index < -0.39 is 0 Å². The zero-order valence-electron chi connectivity index (χ0n) is 5.91. The summed E-state index contributed by atoms with van der Waals surface area (Å²) in [4.78, 5) is 9.89. The summed E-state index contributed by atoms with van der Waals surface area (Å²) >= 11 is 5.51. The summed E-state index contributed by atoms with van der Waals surface area (Å²) in [5.74, 6) is 4.83. The molecule has 1 heterocycles. The summed E-state index contributed by atoms with van der Waals surface area (Å²) in [6.45, 7) is 0. The molecular formula is C7H4ClN3O. The predicted molar refractivity (Wildman–Crippen MR) is 44.4 cm³/mol. The quantitative estimate of drug-likeness (QED) is 0.461. The molecule has 0 amide bonds. The molecule has 1 aromatic rings. The van der Waals surface area contributed by atoms with Crippen LogP contribution in [0.3, 0.4) is 0 Å². The standard InChI is InChI=1S/C7H4ClN3O/c8-6-4-5(2-1-3-12)7(9)11-10-6/h3-4H,(H2,9,11). The van der Waals surface area contributed by atoms with Crippen LogP contribution in [-0.4, -0.2) is 16.5 Å². The fourth-order valence-electron chi connectivity index (χ4n) is 0.585. The molecule has 1 rings (SSSR count). The molecule has 2 N–H and O–H groups in total. The van der Waals surface area contributed by atoms with Crippen molar-refractivity contribution in [2.45, 2.75) is 0 Å². The van der Waals surface area contributed by atoms with Crippen LogP contribution < -0.4 is 5.73 Å². The SMILES string of the molecule is Nc1nnc(Cl)cc1C#CC=O. The van der Waals surface area contributed by atoms with E-state index >= 15 is 0 Å². The Morgan fingerprint density at radius 2 is 2.33 bits per heavy atom. The van der Waals surface area contributed by atoms with Gasteiger partial charge in [0.05, 0.1) is 5.56 Å². The average Bonchev–Trinajstić information content (AvgIpc) is 2.07. The first-order valence-corrected chi connectivity index (χ1v) is 3.35. The van der Waals surface area contributed by atoms with Crippen LogP contribution in [0.2, 0.25) is 5.15 Å². The molecule has 5 heteroatoms. The van der Waals surface area contributed by atoms with E-state index in [1.54, 1.807) is 0 Å². The van der Waals surface area contributed by atoms with Gasteiger partial charge in [-0.25, -0.2) is 0 Å². The van der Waals surface area contributed by atoms with Crippen LogP contribution in [-0.2, 0) is 4.79 Å². The van der Waals surface area contributed by atoms with E-state index in [0.29, 0.717) is 11.8 Å². The van der Waals surface area contributed by atoms with Crippen LogP contribution in [0.5, 0.6) is 0 Å². The maximum atomic E-state index is 9.89. The van der Waals surface area contributed by atoms with Crippen LogP contribution in [0.15, 0.2) is 6.07 Å². The number of nitrogens with zero attached hydrogens (tertiary/aromatic N) is 2. The van der Waals surface area contributed by atoms with Gasteiger partial charge < -0.3 is 5.73 Å². The highest BCUT2D eigenvalue weighted by Gasteiger charge is 1.98. The maximum Gasteiger partial charge on any atom is 0.193 e. The number of carbonyl (C=O) groups is 1. The lowest BCUT2D eigenvalue weighted by Crippen LogP contribution is -1.96. The lowest BCUT2D eigenvalue weighted by Gasteiger charge is -1.94. The molecule has 1 aromatic heterocycles. The number of anilines is 1. The summed E-state index contributed by atoms with van der Waals surface area (Å²) in [5, 5.41) is 7.18. The second-order valence-corrected chi connectivity index (χ2v) is 2.24. The Labute approximate surface area is 73.7 Å². The number of carbonyl (C=O) groups excluding carboxylic acids is 1. The Morgan fingerprint density at radius 1 is 1.58 bits per heavy atom.